The normalized spacial score (nSPS) is 19.2. The molecule has 1 aliphatic heterocycles. The summed E-state index contributed by atoms with van der Waals surface area (Å²) < 4.78 is 0. The van der Waals surface area contributed by atoms with Crippen LogP contribution in [0.3, 0.4) is 0 Å². The maximum absolute atomic E-state index is 11.2. The van der Waals surface area contributed by atoms with Gasteiger partial charge in [-0.1, -0.05) is 37.3 Å². The number of nitrogens with two attached hydrogens (primary N) is 1. The Kier molecular flexibility index (Phi) is 4.97. The molecule has 104 valence electrons. The average molecular weight is 260 g/mol. The van der Waals surface area contributed by atoms with Crippen LogP contribution in [0.1, 0.15) is 25.3 Å². The van der Waals surface area contributed by atoms with Gasteiger partial charge in [0.25, 0.3) is 0 Å². The Bertz CT molecular complexity index is 396. The number of hydrogen-bond acceptors (Lipinski definition) is 2. The number of piperidine rings is 1. The van der Waals surface area contributed by atoms with Crippen molar-refractivity contribution in [3.63, 3.8) is 0 Å². The van der Waals surface area contributed by atoms with Gasteiger partial charge in [0.05, 0.1) is 0 Å². The third-order valence-electron chi connectivity index (χ3n) is 4.35. The third-order valence-corrected chi connectivity index (χ3v) is 4.35. The number of hydrogen-bond donors (Lipinski definition) is 1. The molecule has 19 heavy (non-hydrogen) atoms. The van der Waals surface area contributed by atoms with E-state index in [4.69, 9.17) is 5.73 Å². The Hall–Kier alpha value is -1.35. The van der Waals surface area contributed by atoms with E-state index in [1.165, 1.54) is 5.56 Å². The van der Waals surface area contributed by atoms with Gasteiger partial charge in [-0.15, -0.1) is 0 Å². The van der Waals surface area contributed by atoms with E-state index in [2.05, 4.69) is 35.2 Å². The van der Waals surface area contributed by atoms with E-state index in [9.17, 15) is 4.79 Å². The number of nitrogens with zero attached hydrogens (tertiary/aromatic N) is 1. The molecule has 1 aliphatic rings. The van der Waals surface area contributed by atoms with Crippen LogP contribution in [-0.4, -0.2) is 30.4 Å². The molecule has 0 saturated carbocycles. The molecule has 3 nitrogen and oxygen atoms in total. The minimum atomic E-state index is -0.150. The fourth-order valence-corrected chi connectivity index (χ4v) is 2.84. The molecule has 2 N–H and O–H groups in total. The zero-order valence-corrected chi connectivity index (χ0v) is 11.7. The lowest BCUT2D eigenvalue weighted by Gasteiger charge is -2.33. The van der Waals surface area contributed by atoms with E-state index < -0.39 is 0 Å². The molecule has 0 radical (unpaired) electrons. The molecule has 1 unspecified atom stereocenters. The smallest absolute Gasteiger partial charge is 0.220 e. The van der Waals surface area contributed by atoms with Crippen LogP contribution in [0.2, 0.25) is 0 Å². The first kappa shape index (κ1) is 14.1. The van der Waals surface area contributed by atoms with Crippen molar-refractivity contribution in [3.05, 3.63) is 35.9 Å². The molecule has 0 aromatic heterocycles. The number of carbonyl (C=O) groups is 1. The van der Waals surface area contributed by atoms with Crippen molar-refractivity contribution < 1.29 is 4.79 Å². The summed E-state index contributed by atoms with van der Waals surface area (Å²) in [6.07, 6.45) is 3.30. The molecule has 1 heterocycles. The third kappa shape index (κ3) is 4.06. The number of primary amides is 1. The fraction of sp³-hybridized carbons (Fsp3) is 0.562. The number of benzene rings is 1. The van der Waals surface area contributed by atoms with Gasteiger partial charge in [-0.05, 0) is 43.8 Å². The van der Waals surface area contributed by atoms with Crippen LogP contribution in [-0.2, 0) is 11.2 Å². The topological polar surface area (TPSA) is 46.3 Å². The standard InChI is InChI=1S/C16H24N2O/c1-13(16(17)19)15-8-11-18(12-9-15)10-7-14-5-3-2-4-6-14/h2-6,13,15H,7-12H2,1H3,(H2,17,19). The highest BCUT2D eigenvalue weighted by Crippen LogP contribution is 2.24. The average Bonchev–Trinajstić information content (AvgIpc) is 2.46. The summed E-state index contributed by atoms with van der Waals surface area (Å²) in [5, 5.41) is 0. The van der Waals surface area contributed by atoms with Crippen LogP contribution in [0.25, 0.3) is 0 Å². The molecule has 1 fully saturated rings. The number of amides is 1. The van der Waals surface area contributed by atoms with Gasteiger partial charge in [0.15, 0.2) is 0 Å². The zero-order valence-electron chi connectivity index (χ0n) is 11.7. The van der Waals surface area contributed by atoms with Gasteiger partial charge in [-0.2, -0.15) is 0 Å². The van der Waals surface area contributed by atoms with Gasteiger partial charge in [-0.25, -0.2) is 0 Å². The Morgan fingerprint density at radius 2 is 1.95 bits per heavy atom. The summed E-state index contributed by atoms with van der Waals surface area (Å²) in [4.78, 5) is 13.7. The van der Waals surface area contributed by atoms with E-state index in [1.807, 2.05) is 6.92 Å². The number of carbonyl (C=O) groups excluding carboxylic acids is 1. The maximum Gasteiger partial charge on any atom is 0.220 e. The molecular weight excluding hydrogens is 236 g/mol. The van der Waals surface area contributed by atoms with Crippen molar-refractivity contribution in [1.82, 2.24) is 4.90 Å². The SMILES string of the molecule is CC(C(N)=O)C1CCN(CCc2ccccc2)CC1. The van der Waals surface area contributed by atoms with Gasteiger partial charge in [0, 0.05) is 12.5 Å². The Balaban J connectivity index is 1.73. The quantitative estimate of drug-likeness (QED) is 0.881. The first-order valence-electron chi connectivity index (χ1n) is 7.22. The van der Waals surface area contributed by atoms with Gasteiger partial charge < -0.3 is 10.6 Å². The van der Waals surface area contributed by atoms with E-state index >= 15 is 0 Å². The molecule has 1 atom stereocenters. The lowest BCUT2D eigenvalue weighted by atomic mass is 9.85. The van der Waals surface area contributed by atoms with Crippen LogP contribution >= 0.6 is 0 Å². The molecule has 2 rings (SSSR count). The molecule has 3 heteroatoms. The van der Waals surface area contributed by atoms with Crippen molar-refractivity contribution >= 4 is 5.91 Å². The summed E-state index contributed by atoms with van der Waals surface area (Å²) in [5.41, 5.74) is 6.78. The van der Waals surface area contributed by atoms with Gasteiger partial charge in [0.2, 0.25) is 5.91 Å². The first-order valence-corrected chi connectivity index (χ1v) is 7.22. The van der Waals surface area contributed by atoms with Crippen LogP contribution in [0.15, 0.2) is 30.3 Å². The zero-order chi connectivity index (χ0) is 13.7. The van der Waals surface area contributed by atoms with Crippen molar-refractivity contribution in [2.24, 2.45) is 17.6 Å². The molecule has 1 amide bonds. The number of likely N-dealkylation sites (tertiary alicyclic amines) is 1. The van der Waals surface area contributed by atoms with Crippen molar-refractivity contribution in [3.8, 4) is 0 Å². The Labute approximate surface area is 115 Å². The molecule has 1 aromatic carbocycles. The second kappa shape index (κ2) is 6.71. The summed E-state index contributed by atoms with van der Waals surface area (Å²) in [6.45, 7) is 5.26. The van der Waals surface area contributed by atoms with Gasteiger partial charge in [0.1, 0.15) is 0 Å². The van der Waals surface area contributed by atoms with E-state index in [1.54, 1.807) is 0 Å². The number of rotatable bonds is 5. The van der Waals surface area contributed by atoms with Crippen LogP contribution in [0, 0.1) is 11.8 Å². The predicted octanol–water partition coefficient (Wildman–Crippen LogP) is 2.06. The highest BCUT2D eigenvalue weighted by Gasteiger charge is 2.26. The highest BCUT2D eigenvalue weighted by molar-refractivity contribution is 5.76. The van der Waals surface area contributed by atoms with E-state index in [0.717, 1.165) is 38.9 Å². The molecule has 1 saturated heterocycles. The monoisotopic (exact) mass is 260 g/mol. The lowest BCUT2D eigenvalue weighted by molar-refractivity contribution is -0.123. The second-order valence-corrected chi connectivity index (χ2v) is 5.61. The first-order chi connectivity index (χ1) is 9.16. The van der Waals surface area contributed by atoms with Crippen LogP contribution in [0.5, 0.6) is 0 Å². The van der Waals surface area contributed by atoms with Crippen molar-refractivity contribution in [2.45, 2.75) is 26.2 Å². The summed E-state index contributed by atoms with van der Waals surface area (Å²) in [7, 11) is 0. The molecule has 1 aromatic rings. The predicted molar refractivity (Wildman–Crippen MR) is 77.7 cm³/mol. The Morgan fingerprint density at radius 3 is 2.53 bits per heavy atom. The molecule has 0 spiro atoms. The minimum Gasteiger partial charge on any atom is -0.369 e. The largest absolute Gasteiger partial charge is 0.369 e. The van der Waals surface area contributed by atoms with Crippen molar-refractivity contribution in [1.29, 1.82) is 0 Å². The van der Waals surface area contributed by atoms with Crippen LogP contribution < -0.4 is 5.73 Å². The van der Waals surface area contributed by atoms with Crippen LogP contribution in [0.4, 0.5) is 0 Å². The summed E-state index contributed by atoms with van der Waals surface area (Å²) in [5.74, 6) is 0.351. The Morgan fingerprint density at radius 1 is 1.32 bits per heavy atom. The maximum atomic E-state index is 11.2. The molecule has 0 aliphatic carbocycles. The highest BCUT2D eigenvalue weighted by atomic mass is 16.1. The van der Waals surface area contributed by atoms with E-state index in [-0.39, 0.29) is 11.8 Å². The fourth-order valence-electron chi connectivity index (χ4n) is 2.84. The molecule has 0 bridgehead atoms. The lowest BCUT2D eigenvalue weighted by Crippen LogP contribution is -2.39. The van der Waals surface area contributed by atoms with Crippen molar-refractivity contribution in [2.75, 3.05) is 19.6 Å². The minimum absolute atomic E-state index is 0.0243. The molecular formula is C16H24N2O. The van der Waals surface area contributed by atoms with E-state index in [0.29, 0.717) is 5.92 Å². The summed E-state index contributed by atoms with van der Waals surface area (Å²) >= 11 is 0. The van der Waals surface area contributed by atoms with Gasteiger partial charge >= 0.3 is 0 Å². The van der Waals surface area contributed by atoms with Gasteiger partial charge in [-0.3, -0.25) is 4.79 Å². The second-order valence-electron chi connectivity index (χ2n) is 5.61. The summed E-state index contributed by atoms with van der Waals surface area (Å²) in [6, 6.07) is 10.6.